The quantitative estimate of drug-likeness (QED) is 0.645. The lowest BCUT2D eigenvalue weighted by Crippen LogP contribution is -2.29. The number of halogens is 3. The molecule has 0 unspecified atom stereocenters. The highest BCUT2D eigenvalue weighted by molar-refractivity contribution is 7.10. The Morgan fingerprint density at radius 1 is 1.07 bits per heavy atom. The summed E-state index contributed by atoms with van der Waals surface area (Å²) < 4.78 is 38.8. The van der Waals surface area contributed by atoms with Crippen molar-refractivity contribution in [3.8, 4) is 0 Å². The highest BCUT2D eigenvalue weighted by Crippen LogP contribution is 2.32. The predicted octanol–water partition coefficient (Wildman–Crippen LogP) is 3.22. The molecule has 0 saturated carbocycles. The van der Waals surface area contributed by atoms with E-state index in [0.29, 0.717) is 10.2 Å². The largest absolute Gasteiger partial charge is 0.416 e. The van der Waals surface area contributed by atoms with Gasteiger partial charge in [0.2, 0.25) is 0 Å². The number of alkyl halides is 3. The van der Waals surface area contributed by atoms with Crippen molar-refractivity contribution >= 4 is 40.9 Å². The molecule has 4 rings (SSSR count). The van der Waals surface area contributed by atoms with E-state index in [0.717, 1.165) is 28.7 Å². The van der Waals surface area contributed by atoms with Gasteiger partial charge >= 0.3 is 11.0 Å². The van der Waals surface area contributed by atoms with Crippen LogP contribution in [0.3, 0.4) is 0 Å². The molecule has 0 aliphatic carbocycles. The fourth-order valence-electron chi connectivity index (χ4n) is 2.81. The van der Waals surface area contributed by atoms with Gasteiger partial charge in [0.15, 0.2) is 0 Å². The van der Waals surface area contributed by atoms with Gasteiger partial charge in [-0.25, -0.2) is 4.99 Å². The number of anilines is 2. The van der Waals surface area contributed by atoms with Crippen LogP contribution < -0.4 is 20.8 Å². The summed E-state index contributed by atoms with van der Waals surface area (Å²) in [5, 5.41) is 4.10. The predicted molar refractivity (Wildman–Crippen MR) is 104 cm³/mol. The molecule has 2 heterocycles. The maximum atomic E-state index is 12.9. The van der Waals surface area contributed by atoms with E-state index in [4.69, 9.17) is 0 Å². The lowest BCUT2D eigenvalue weighted by molar-refractivity contribution is -0.137. The number of thiazole rings is 1. The minimum absolute atomic E-state index is 0.155. The monoisotopic (exact) mass is 415 g/mol. The minimum Gasteiger partial charge on any atom is -0.341 e. The molecule has 146 valence electrons. The minimum atomic E-state index is -4.48. The molecule has 1 aliphatic rings. The van der Waals surface area contributed by atoms with Gasteiger partial charge in [-0.2, -0.15) is 13.2 Å². The summed E-state index contributed by atoms with van der Waals surface area (Å²) in [5.41, 5.74) is -0.389. The summed E-state index contributed by atoms with van der Waals surface area (Å²) in [4.78, 5) is 30.7. The number of carbonyl (C=O) groups excluding carboxylic acids is 1. The van der Waals surface area contributed by atoms with E-state index in [1.807, 2.05) is 6.07 Å². The lowest BCUT2D eigenvalue weighted by Gasteiger charge is -2.10. The molecule has 0 atom stereocenters. The smallest absolute Gasteiger partial charge is 0.341 e. The standard InChI is InChI=1S/C20H12F3N3O2S/c21-20(22,23)13-5-3-6-14(10-13)24-17-16(29-19(28)26-17)9-12-8-11-4-1-2-7-15(11)25-18(12)27/h1-10,24H,(H,26,28)/b12-9+. The molecule has 0 fully saturated rings. The number of fused-ring (bicyclic) bond motifs is 1. The van der Waals surface area contributed by atoms with Crippen LogP contribution in [0.5, 0.6) is 0 Å². The van der Waals surface area contributed by atoms with E-state index in [1.54, 1.807) is 24.3 Å². The summed E-state index contributed by atoms with van der Waals surface area (Å²) in [5.74, 6) is -0.263. The second kappa shape index (κ2) is 7.17. The Labute approximate surface area is 165 Å². The molecule has 5 nitrogen and oxygen atoms in total. The molecule has 0 bridgehead atoms. The molecule has 1 amide bonds. The molecule has 29 heavy (non-hydrogen) atoms. The second-order valence-corrected chi connectivity index (χ2v) is 7.19. The lowest BCUT2D eigenvalue weighted by atomic mass is 10.1. The van der Waals surface area contributed by atoms with Crippen LogP contribution in [0.4, 0.5) is 24.7 Å². The summed E-state index contributed by atoms with van der Waals surface area (Å²) in [6.45, 7) is 0. The third-order valence-corrected chi connectivity index (χ3v) is 4.97. The molecule has 2 N–H and O–H groups in total. The summed E-state index contributed by atoms with van der Waals surface area (Å²) in [6.07, 6.45) is -1.34. The Hall–Kier alpha value is -3.46. The number of aromatic amines is 1. The van der Waals surface area contributed by atoms with E-state index in [-0.39, 0.29) is 17.1 Å². The number of carbonyl (C=O) groups is 1. The maximum absolute atomic E-state index is 12.9. The zero-order valence-electron chi connectivity index (χ0n) is 14.6. The first kappa shape index (κ1) is 18.9. The first-order valence-electron chi connectivity index (χ1n) is 8.38. The molecule has 0 radical (unpaired) electrons. The Balaban J connectivity index is 1.72. The number of nitrogens with one attached hydrogen (secondary N) is 2. The number of para-hydroxylation sites is 1. The Morgan fingerprint density at radius 3 is 2.66 bits per heavy atom. The van der Waals surface area contributed by atoms with Crippen LogP contribution in [-0.4, -0.2) is 10.9 Å². The Bertz CT molecular complexity index is 1320. The highest BCUT2D eigenvalue weighted by atomic mass is 32.1. The van der Waals surface area contributed by atoms with Gasteiger partial charge in [0.1, 0.15) is 5.82 Å². The molecule has 0 saturated heterocycles. The number of aromatic nitrogens is 1. The molecule has 1 aromatic heterocycles. The van der Waals surface area contributed by atoms with Crippen LogP contribution in [0.15, 0.2) is 63.9 Å². The first-order valence-corrected chi connectivity index (χ1v) is 9.20. The van der Waals surface area contributed by atoms with Gasteiger partial charge in [0.25, 0.3) is 5.91 Å². The van der Waals surface area contributed by atoms with Gasteiger partial charge in [0.05, 0.1) is 15.8 Å². The average molecular weight is 415 g/mol. The van der Waals surface area contributed by atoms with Crippen LogP contribution in [0, 0.1) is 0 Å². The van der Waals surface area contributed by atoms with Crippen LogP contribution >= 0.6 is 11.3 Å². The molecule has 3 aromatic rings. The van der Waals surface area contributed by atoms with Crippen molar-refractivity contribution in [3.05, 3.63) is 84.8 Å². The summed E-state index contributed by atoms with van der Waals surface area (Å²) >= 11 is 0.834. The molecule has 2 aromatic carbocycles. The zero-order chi connectivity index (χ0) is 20.6. The Morgan fingerprint density at radius 2 is 1.86 bits per heavy atom. The number of hydrogen-bond acceptors (Lipinski definition) is 4. The maximum Gasteiger partial charge on any atom is 0.416 e. The summed E-state index contributed by atoms with van der Waals surface area (Å²) in [6, 6.07) is 11.7. The van der Waals surface area contributed by atoms with E-state index in [9.17, 15) is 22.8 Å². The fourth-order valence-corrected chi connectivity index (χ4v) is 3.55. The van der Waals surface area contributed by atoms with Crippen molar-refractivity contribution in [2.24, 2.45) is 4.99 Å². The number of hydrogen-bond donors (Lipinski definition) is 2. The van der Waals surface area contributed by atoms with Crippen molar-refractivity contribution in [2.45, 2.75) is 6.18 Å². The normalized spacial score (nSPS) is 14.9. The third kappa shape index (κ3) is 4.04. The van der Waals surface area contributed by atoms with Crippen LogP contribution in [0.1, 0.15) is 10.4 Å². The number of nitrogens with zero attached hydrogens (tertiary/aromatic N) is 1. The number of amides is 1. The number of H-pyrrole nitrogens is 1. The number of rotatable bonds is 3. The topological polar surface area (TPSA) is 74.3 Å². The molecule has 0 spiro atoms. The SMILES string of the molecule is O=C1N=c2ccccc2=C/C1=C\c1sc(=O)[nH]c1Nc1cccc(C(F)(F)F)c1. The van der Waals surface area contributed by atoms with Crippen molar-refractivity contribution < 1.29 is 18.0 Å². The van der Waals surface area contributed by atoms with E-state index < -0.39 is 22.5 Å². The molecular weight excluding hydrogens is 403 g/mol. The van der Waals surface area contributed by atoms with Crippen LogP contribution in [0.25, 0.3) is 12.2 Å². The van der Waals surface area contributed by atoms with Crippen LogP contribution in [-0.2, 0) is 11.0 Å². The van der Waals surface area contributed by atoms with E-state index in [2.05, 4.69) is 15.3 Å². The number of benzene rings is 2. The summed E-state index contributed by atoms with van der Waals surface area (Å²) in [7, 11) is 0. The molecule has 9 heteroatoms. The highest BCUT2D eigenvalue weighted by Gasteiger charge is 2.30. The van der Waals surface area contributed by atoms with Crippen molar-refractivity contribution in [3.63, 3.8) is 0 Å². The van der Waals surface area contributed by atoms with Gasteiger partial charge in [-0.05, 0) is 36.4 Å². The zero-order valence-corrected chi connectivity index (χ0v) is 15.4. The molecular formula is C20H12F3N3O2S. The van der Waals surface area contributed by atoms with Crippen molar-refractivity contribution in [1.29, 1.82) is 0 Å². The van der Waals surface area contributed by atoms with Gasteiger partial charge in [0, 0.05) is 16.5 Å². The van der Waals surface area contributed by atoms with Gasteiger partial charge in [-0.15, -0.1) is 0 Å². The van der Waals surface area contributed by atoms with E-state index in [1.165, 1.54) is 18.2 Å². The molecule has 1 aliphatic heterocycles. The first-order chi connectivity index (χ1) is 13.8. The van der Waals surface area contributed by atoms with Crippen molar-refractivity contribution in [1.82, 2.24) is 4.98 Å². The van der Waals surface area contributed by atoms with Crippen LogP contribution in [0.2, 0.25) is 0 Å². The fraction of sp³-hybridized carbons (Fsp3) is 0.0500. The van der Waals surface area contributed by atoms with Gasteiger partial charge in [-0.3, -0.25) is 14.6 Å². The second-order valence-electron chi connectivity index (χ2n) is 6.18. The van der Waals surface area contributed by atoms with Gasteiger partial charge in [-0.1, -0.05) is 35.6 Å². The van der Waals surface area contributed by atoms with Crippen molar-refractivity contribution in [2.75, 3.05) is 5.32 Å². The average Bonchev–Trinajstić information content (AvgIpc) is 3.00. The van der Waals surface area contributed by atoms with Gasteiger partial charge < -0.3 is 5.32 Å². The van der Waals surface area contributed by atoms with E-state index >= 15 is 0 Å². The Kier molecular flexibility index (Phi) is 4.67. The third-order valence-electron chi connectivity index (χ3n) is 4.14.